The molecular weight excluding hydrogens is 211 g/mol. The minimum absolute atomic E-state index is 0.226. The van der Waals surface area contributed by atoms with E-state index in [-0.39, 0.29) is 5.82 Å². The Morgan fingerprint density at radius 1 is 1.60 bits per heavy atom. The van der Waals surface area contributed by atoms with E-state index in [4.69, 9.17) is 5.73 Å². The first kappa shape index (κ1) is 11.9. The SMILES string of the molecule is C=N/C=C(/Cc1cccc(F)c1)SCN. The smallest absolute Gasteiger partial charge is 0.123 e. The van der Waals surface area contributed by atoms with Crippen LogP contribution in [-0.2, 0) is 6.42 Å². The number of allylic oxidation sites excluding steroid dienone is 1. The number of aliphatic imine (C=N–C) groups is 1. The Morgan fingerprint density at radius 2 is 2.40 bits per heavy atom. The zero-order valence-electron chi connectivity index (χ0n) is 8.32. The van der Waals surface area contributed by atoms with Crippen LogP contribution in [0.4, 0.5) is 4.39 Å². The van der Waals surface area contributed by atoms with Crippen LogP contribution in [-0.4, -0.2) is 12.6 Å². The van der Waals surface area contributed by atoms with E-state index in [0.717, 1.165) is 10.5 Å². The largest absolute Gasteiger partial charge is 0.322 e. The molecule has 0 saturated heterocycles. The molecule has 0 aliphatic rings. The molecule has 0 spiro atoms. The summed E-state index contributed by atoms with van der Waals surface area (Å²) in [4.78, 5) is 4.68. The van der Waals surface area contributed by atoms with Gasteiger partial charge in [0, 0.05) is 23.4 Å². The molecule has 80 valence electrons. The van der Waals surface area contributed by atoms with Crippen LogP contribution in [0.25, 0.3) is 0 Å². The standard InChI is InChI=1S/C11H13FN2S/c1-14-7-11(15-8-13)6-9-3-2-4-10(12)5-9/h2-5,7H,1,6,8,13H2/b11-7-. The summed E-state index contributed by atoms with van der Waals surface area (Å²) in [6.45, 7) is 3.39. The highest BCUT2D eigenvalue weighted by Gasteiger charge is 2.00. The molecule has 15 heavy (non-hydrogen) atoms. The number of hydrogen-bond donors (Lipinski definition) is 1. The molecule has 0 aliphatic heterocycles. The second kappa shape index (κ2) is 6.37. The normalized spacial score (nSPS) is 11.5. The molecule has 2 nitrogen and oxygen atoms in total. The third kappa shape index (κ3) is 4.27. The second-order valence-corrected chi connectivity index (χ2v) is 4.04. The summed E-state index contributed by atoms with van der Waals surface area (Å²) < 4.78 is 12.9. The van der Waals surface area contributed by atoms with Crippen molar-refractivity contribution in [1.82, 2.24) is 0 Å². The zero-order valence-corrected chi connectivity index (χ0v) is 9.14. The van der Waals surface area contributed by atoms with Crippen molar-refractivity contribution in [3.63, 3.8) is 0 Å². The molecule has 0 aromatic heterocycles. The van der Waals surface area contributed by atoms with Gasteiger partial charge in [-0.3, -0.25) is 4.99 Å². The lowest BCUT2D eigenvalue weighted by molar-refractivity contribution is 0.626. The summed E-state index contributed by atoms with van der Waals surface area (Å²) in [5.41, 5.74) is 6.34. The Balaban J connectivity index is 2.74. The summed E-state index contributed by atoms with van der Waals surface area (Å²) in [5, 5.41) is 0. The third-order valence-electron chi connectivity index (χ3n) is 1.77. The minimum atomic E-state index is -0.226. The van der Waals surface area contributed by atoms with Gasteiger partial charge in [0.05, 0.1) is 0 Å². The van der Waals surface area contributed by atoms with Gasteiger partial charge in [0.2, 0.25) is 0 Å². The van der Waals surface area contributed by atoms with Crippen LogP contribution in [0.5, 0.6) is 0 Å². The minimum Gasteiger partial charge on any atom is -0.322 e. The molecule has 0 amide bonds. The van der Waals surface area contributed by atoms with Crippen LogP contribution in [0.1, 0.15) is 5.56 Å². The first-order valence-corrected chi connectivity index (χ1v) is 5.47. The third-order valence-corrected chi connectivity index (χ3v) is 2.56. The van der Waals surface area contributed by atoms with E-state index in [2.05, 4.69) is 11.7 Å². The van der Waals surface area contributed by atoms with Gasteiger partial charge in [-0.1, -0.05) is 12.1 Å². The van der Waals surface area contributed by atoms with Crippen LogP contribution >= 0.6 is 11.8 Å². The average molecular weight is 224 g/mol. The molecule has 0 saturated carbocycles. The molecule has 4 heteroatoms. The predicted molar refractivity (Wildman–Crippen MR) is 64.4 cm³/mol. The van der Waals surface area contributed by atoms with E-state index in [9.17, 15) is 4.39 Å². The van der Waals surface area contributed by atoms with E-state index in [1.54, 1.807) is 12.3 Å². The molecule has 0 fully saturated rings. The van der Waals surface area contributed by atoms with Gasteiger partial charge in [0.1, 0.15) is 5.82 Å². The Kier molecular flexibility index (Phi) is 5.07. The number of hydrogen-bond acceptors (Lipinski definition) is 3. The van der Waals surface area contributed by atoms with Crippen molar-refractivity contribution in [2.45, 2.75) is 6.42 Å². The van der Waals surface area contributed by atoms with Crippen molar-refractivity contribution < 1.29 is 4.39 Å². The Bertz CT molecular complexity index is 363. The average Bonchev–Trinajstić information content (AvgIpc) is 2.18. The van der Waals surface area contributed by atoms with Crippen molar-refractivity contribution in [2.24, 2.45) is 10.7 Å². The van der Waals surface area contributed by atoms with E-state index in [1.807, 2.05) is 6.07 Å². The molecule has 0 unspecified atom stereocenters. The van der Waals surface area contributed by atoms with E-state index in [0.29, 0.717) is 12.3 Å². The summed E-state index contributed by atoms with van der Waals surface area (Å²) in [6.07, 6.45) is 2.29. The number of rotatable bonds is 5. The van der Waals surface area contributed by atoms with Gasteiger partial charge in [-0.05, 0) is 24.4 Å². The molecule has 0 atom stereocenters. The highest BCUT2D eigenvalue weighted by Crippen LogP contribution is 2.19. The maximum atomic E-state index is 12.9. The van der Waals surface area contributed by atoms with Gasteiger partial charge in [0.15, 0.2) is 0 Å². The fourth-order valence-corrected chi connectivity index (χ4v) is 1.82. The van der Waals surface area contributed by atoms with Crippen molar-refractivity contribution in [2.75, 3.05) is 5.88 Å². The van der Waals surface area contributed by atoms with E-state index < -0.39 is 0 Å². The lowest BCUT2D eigenvalue weighted by Crippen LogP contribution is -1.96. The second-order valence-electron chi connectivity index (χ2n) is 2.90. The Hall–Kier alpha value is -1.13. The lowest BCUT2D eigenvalue weighted by Gasteiger charge is -2.04. The van der Waals surface area contributed by atoms with Gasteiger partial charge >= 0.3 is 0 Å². The maximum Gasteiger partial charge on any atom is 0.123 e. The number of halogens is 1. The fraction of sp³-hybridized carbons (Fsp3) is 0.182. The lowest BCUT2D eigenvalue weighted by atomic mass is 10.1. The van der Waals surface area contributed by atoms with Crippen LogP contribution in [0.15, 0.2) is 40.4 Å². The molecule has 1 rings (SSSR count). The molecule has 0 aliphatic carbocycles. The summed E-state index contributed by atoms with van der Waals surface area (Å²) >= 11 is 1.48. The van der Waals surface area contributed by atoms with Gasteiger partial charge < -0.3 is 5.73 Å². The molecule has 0 heterocycles. The van der Waals surface area contributed by atoms with Gasteiger partial charge in [-0.2, -0.15) is 0 Å². The van der Waals surface area contributed by atoms with Crippen molar-refractivity contribution in [3.8, 4) is 0 Å². The quantitative estimate of drug-likeness (QED) is 0.616. The van der Waals surface area contributed by atoms with Crippen LogP contribution in [0, 0.1) is 5.82 Å². The van der Waals surface area contributed by atoms with Crippen LogP contribution in [0.3, 0.4) is 0 Å². The number of benzene rings is 1. The molecule has 0 radical (unpaired) electrons. The van der Waals surface area contributed by atoms with Crippen molar-refractivity contribution >= 4 is 18.5 Å². The van der Waals surface area contributed by atoms with Gasteiger partial charge in [0.25, 0.3) is 0 Å². The zero-order chi connectivity index (χ0) is 11.1. The van der Waals surface area contributed by atoms with E-state index in [1.165, 1.54) is 23.9 Å². The van der Waals surface area contributed by atoms with Crippen molar-refractivity contribution in [1.29, 1.82) is 0 Å². The van der Waals surface area contributed by atoms with Crippen LogP contribution < -0.4 is 5.73 Å². The fourth-order valence-electron chi connectivity index (χ4n) is 1.19. The topological polar surface area (TPSA) is 38.4 Å². The first-order chi connectivity index (χ1) is 7.26. The number of thioether (sulfide) groups is 1. The number of nitrogens with zero attached hydrogens (tertiary/aromatic N) is 1. The maximum absolute atomic E-state index is 12.9. The van der Waals surface area contributed by atoms with Gasteiger partial charge in [-0.15, -0.1) is 11.8 Å². The van der Waals surface area contributed by atoms with Gasteiger partial charge in [-0.25, -0.2) is 4.39 Å². The highest BCUT2D eigenvalue weighted by atomic mass is 32.2. The van der Waals surface area contributed by atoms with Crippen LogP contribution in [0.2, 0.25) is 0 Å². The van der Waals surface area contributed by atoms with Crippen molar-refractivity contribution in [3.05, 3.63) is 46.8 Å². The first-order valence-electron chi connectivity index (χ1n) is 4.48. The molecule has 2 N–H and O–H groups in total. The summed E-state index contributed by atoms with van der Waals surface area (Å²) in [6, 6.07) is 6.50. The molecule has 1 aromatic rings. The monoisotopic (exact) mass is 224 g/mol. The van der Waals surface area contributed by atoms with E-state index >= 15 is 0 Å². The Labute approximate surface area is 93.1 Å². The molecule has 0 bridgehead atoms. The Morgan fingerprint density at radius 3 is 3.00 bits per heavy atom. The highest BCUT2D eigenvalue weighted by molar-refractivity contribution is 8.03. The molecular formula is C11H13FN2S. The number of nitrogens with two attached hydrogens (primary N) is 1. The summed E-state index contributed by atoms with van der Waals surface area (Å²) in [5.74, 6) is 0.257. The summed E-state index contributed by atoms with van der Waals surface area (Å²) in [7, 11) is 0. The molecule has 1 aromatic carbocycles. The predicted octanol–water partition coefficient (Wildman–Crippen LogP) is 2.56.